The van der Waals surface area contributed by atoms with E-state index < -0.39 is 10.4 Å². The Morgan fingerprint density at radius 3 is 2.23 bits per heavy atom. The van der Waals surface area contributed by atoms with Crippen LogP contribution >= 0.6 is 0 Å². The molecule has 0 bridgehead atoms. The van der Waals surface area contributed by atoms with Crippen LogP contribution in [0, 0.1) is 11.3 Å². The Morgan fingerprint density at radius 2 is 1.85 bits per heavy atom. The monoisotopic (exact) mass is 198 g/mol. The third-order valence-corrected chi connectivity index (χ3v) is 1.58. The molecule has 0 amide bonds. The number of hydrogen-bond donors (Lipinski definition) is 0. The average molecular weight is 198 g/mol. The third kappa shape index (κ3) is 3.11. The van der Waals surface area contributed by atoms with Gasteiger partial charge in [0.2, 0.25) is 0 Å². The van der Waals surface area contributed by atoms with Crippen molar-refractivity contribution in [2.45, 2.75) is 0 Å². The van der Waals surface area contributed by atoms with Crippen LogP contribution in [0.3, 0.4) is 0 Å². The van der Waals surface area contributed by atoms with E-state index in [1.807, 2.05) is 6.07 Å². The highest BCUT2D eigenvalue weighted by Gasteiger charge is 1.98. The molecule has 0 atom stereocenters. The lowest BCUT2D eigenvalue weighted by atomic mass is 10.2. The standard InChI is InChI=1S/C7H5NO4S/c8-5-6-1-3-7(4-2-6)12-13(9,10)11/h1-4H,(H,9,10,11)/p-1. The van der Waals surface area contributed by atoms with Crippen LogP contribution < -0.4 is 4.18 Å². The van der Waals surface area contributed by atoms with Crippen molar-refractivity contribution >= 4 is 10.4 Å². The molecule has 0 saturated carbocycles. The number of hydrogen-bond acceptors (Lipinski definition) is 5. The van der Waals surface area contributed by atoms with Gasteiger partial charge in [0, 0.05) is 0 Å². The van der Waals surface area contributed by atoms with E-state index in [0.717, 1.165) is 0 Å². The fourth-order valence-corrected chi connectivity index (χ4v) is 1.05. The Labute approximate surface area is 75.1 Å². The van der Waals surface area contributed by atoms with E-state index in [4.69, 9.17) is 5.26 Å². The number of nitriles is 1. The molecule has 6 heteroatoms. The molecule has 0 N–H and O–H groups in total. The SMILES string of the molecule is N#Cc1ccc(OS(=O)(=O)[O-])cc1. The summed E-state index contributed by atoms with van der Waals surface area (Å²) < 4.78 is 34.3. The van der Waals surface area contributed by atoms with Gasteiger partial charge in [-0.25, -0.2) is 8.42 Å². The molecule has 1 aromatic carbocycles. The van der Waals surface area contributed by atoms with Gasteiger partial charge >= 0.3 is 0 Å². The molecule has 0 radical (unpaired) electrons. The van der Waals surface area contributed by atoms with E-state index in [0.29, 0.717) is 5.56 Å². The first kappa shape index (κ1) is 9.51. The van der Waals surface area contributed by atoms with Gasteiger partial charge in [-0.1, -0.05) is 0 Å². The van der Waals surface area contributed by atoms with Crippen molar-refractivity contribution < 1.29 is 17.2 Å². The van der Waals surface area contributed by atoms with Gasteiger partial charge in [0.1, 0.15) is 5.75 Å². The summed E-state index contributed by atoms with van der Waals surface area (Å²) >= 11 is 0. The van der Waals surface area contributed by atoms with E-state index in [1.54, 1.807) is 0 Å². The van der Waals surface area contributed by atoms with Gasteiger partial charge in [0.15, 0.2) is 0 Å². The zero-order chi connectivity index (χ0) is 9.90. The van der Waals surface area contributed by atoms with E-state index in [2.05, 4.69) is 4.18 Å². The first-order chi connectivity index (χ1) is 6.01. The first-order valence-electron chi connectivity index (χ1n) is 3.17. The summed E-state index contributed by atoms with van der Waals surface area (Å²) in [6, 6.07) is 6.99. The lowest BCUT2D eigenvalue weighted by Gasteiger charge is -2.07. The molecule has 0 aliphatic heterocycles. The second-order valence-corrected chi connectivity index (χ2v) is 3.11. The topological polar surface area (TPSA) is 90.2 Å². The highest BCUT2D eigenvalue weighted by atomic mass is 32.3. The van der Waals surface area contributed by atoms with Crippen LogP contribution in [0.2, 0.25) is 0 Å². The molecule has 5 nitrogen and oxygen atoms in total. The van der Waals surface area contributed by atoms with E-state index in [9.17, 15) is 13.0 Å². The maximum Gasteiger partial charge on any atom is 0.262 e. The minimum Gasteiger partial charge on any atom is -0.716 e. The summed E-state index contributed by atoms with van der Waals surface area (Å²) in [6.45, 7) is 0. The van der Waals surface area contributed by atoms with Gasteiger partial charge < -0.3 is 8.74 Å². The molecule has 0 saturated heterocycles. The molecule has 13 heavy (non-hydrogen) atoms. The quantitative estimate of drug-likeness (QED) is 0.506. The molecular weight excluding hydrogens is 194 g/mol. The minimum absolute atomic E-state index is 0.103. The largest absolute Gasteiger partial charge is 0.716 e. The molecular formula is C7H4NO4S-. The van der Waals surface area contributed by atoms with E-state index >= 15 is 0 Å². The van der Waals surface area contributed by atoms with E-state index in [1.165, 1.54) is 24.3 Å². The van der Waals surface area contributed by atoms with Gasteiger partial charge in [0.05, 0.1) is 11.6 Å². The van der Waals surface area contributed by atoms with Crippen LogP contribution in [0.15, 0.2) is 24.3 Å². The number of rotatable bonds is 2. The van der Waals surface area contributed by atoms with Crippen molar-refractivity contribution in [3.8, 4) is 11.8 Å². The molecule has 0 aliphatic rings. The molecule has 0 aliphatic carbocycles. The Bertz CT molecular complexity index is 429. The van der Waals surface area contributed by atoms with Crippen molar-refractivity contribution in [1.82, 2.24) is 0 Å². The highest BCUT2D eigenvalue weighted by Crippen LogP contribution is 2.12. The first-order valence-corrected chi connectivity index (χ1v) is 4.50. The zero-order valence-electron chi connectivity index (χ0n) is 6.30. The Hall–Kier alpha value is -1.58. The Balaban J connectivity index is 2.89. The van der Waals surface area contributed by atoms with Crippen LogP contribution in [0.5, 0.6) is 5.75 Å². The maximum absolute atomic E-state index is 10.1. The Morgan fingerprint density at radius 1 is 1.31 bits per heavy atom. The summed E-state index contributed by atoms with van der Waals surface area (Å²) in [5, 5.41) is 8.39. The lowest BCUT2D eigenvalue weighted by molar-refractivity contribution is 0.372. The second-order valence-electron chi connectivity index (χ2n) is 2.13. The maximum atomic E-state index is 10.1. The highest BCUT2D eigenvalue weighted by molar-refractivity contribution is 7.81. The second kappa shape index (κ2) is 3.43. The average Bonchev–Trinajstić information content (AvgIpc) is 2.03. The number of benzene rings is 1. The van der Waals surface area contributed by atoms with Crippen LogP contribution in [0.25, 0.3) is 0 Å². The van der Waals surface area contributed by atoms with Crippen molar-refractivity contribution in [2.75, 3.05) is 0 Å². The van der Waals surface area contributed by atoms with Crippen molar-refractivity contribution in [3.63, 3.8) is 0 Å². The van der Waals surface area contributed by atoms with Crippen molar-refractivity contribution in [3.05, 3.63) is 29.8 Å². The summed E-state index contributed by atoms with van der Waals surface area (Å²) in [4.78, 5) is 0. The molecule has 0 fully saturated rings. The van der Waals surface area contributed by atoms with Crippen molar-refractivity contribution in [2.24, 2.45) is 0 Å². The minimum atomic E-state index is -4.73. The predicted octanol–water partition coefficient (Wildman–Crippen LogP) is 0.397. The molecule has 1 aromatic rings. The predicted molar refractivity (Wildman–Crippen MR) is 41.5 cm³/mol. The summed E-state index contributed by atoms with van der Waals surface area (Å²) in [6.07, 6.45) is 0. The smallest absolute Gasteiger partial charge is 0.262 e. The van der Waals surface area contributed by atoms with Crippen LogP contribution in [-0.4, -0.2) is 13.0 Å². The van der Waals surface area contributed by atoms with Crippen LogP contribution in [0.1, 0.15) is 5.56 Å². The molecule has 0 heterocycles. The van der Waals surface area contributed by atoms with Crippen molar-refractivity contribution in [1.29, 1.82) is 5.26 Å². The zero-order valence-corrected chi connectivity index (χ0v) is 7.11. The lowest BCUT2D eigenvalue weighted by Crippen LogP contribution is -2.06. The molecule has 0 spiro atoms. The van der Waals surface area contributed by atoms with Crippen LogP contribution in [0.4, 0.5) is 0 Å². The van der Waals surface area contributed by atoms with Gasteiger partial charge in [-0.05, 0) is 24.3 Å². The number of nitrogens with zero attached hydrogens (tertiary/aromatic N) is 1. The third-order valence-electron chi connectivity index (χ3n) is 1.18. The van der Waals surface area contributed by atoms with Gasteiger partial charge in [0.25, 0.3) is 10.4 Å². The normalized spacial score (nSPS) is 10.5. The summed E-state index contributed by atoms with van der Waals surface area (Å²) in [7, 11) is -4.73. The summed E-state index contributed by atoms with van der Waals surface area (Å²) in [5.41, 5.74) is 0.357. The molecule has 0 aromatic heterocycles. The van der Waals surface area contributed by atoms with Gasteiger partial charge in [-0.3, -0.25) is 0 Å². The summed E-state index contributed by atoms with van der Waals surface area (Å²) in [5.74, 6) is -0.103. The molecule has 68 valence electrons. The molecule has 1 rings (SSSR count). The molecule has 0 unspecified atom stereocenters. The van der Waals surface area contributed by atoms with Crippen LogP contribution in [-0.2, 0) is 10.4 Å². The van der Waals surface area contributed by atoms with Gasteiger partial charge in [-0.2, -0.15) is 5.26 Å². The fourth-order valence-electron chi connectivity index (χ4n) is 0.703. The van der Waals surface area contributed by atoms with E-state index in [-0.39, 0.29) is 5.75 Å². The van der Waals surface area contributed by atoms with Gasteiger partial charge in [-0.15, -0.1) is 0 Å². The fraction of sp³-hybridized carbons (Fsp3) is 0. The Kier molecular flexibility index (Phi) is 2.51.